The van der Waals surface area contributed by atoms with E-state index in [1.54, 1.807) is 0 Å². The molecule has 17 heavy (non-hydrogen) atoms. The van der Waals surface area contributed by atoms with E-state index >= 15 is 0 Å². The molecule has 0 saturated heterocycles. The van der Waals surface area contributed by atoms with Gasteiger partial charge in [0.2, 0.25) is 8.32 Å². The minimum absolute atomic E-state index is 0. The van der Waals surface area contributed by atoms with Crippen molar-refractivity contribution in [2.75, 3.05) is 0 Å². The Morgan fingerprint density at radius 1 is 1.06 bits per heavy atom. The molecule has 0 radical (unpaired) electrons. The molecule has 1 aromatic carbocycles. The number of hydrogen-bond acceptors (Lipinski definition) is 1. The minimum Gasteiger partial charge on any atom is -1.00 e. The van der Waals surface area contributed by atoms with Gasteiger partial charge in [-0.2, -0.15) is 24.6 Å². The SMILES string of the molecule is [CH2-]c1ccc(O[Si](C)(C)C(C)(C)C)cc1.[Cl-].[Mg+2]. The van der Waals surface area contributed by atoms with Crippen LogP contribution in [0.5, 0.6) is 5.75 Å². The molecule has 4 heteroatoms. The molecule has 0 spiro atoms. The standard InChI is InChI=1S/C13H21OSi.ClH.Mg/c1-11-7-9-12(10-8-11)14-15(5,6)13(2,3)4;;/h7-10H,1H2,2-6H3;1H;/q-1;;+2/p-1. The summed E-state index contributed by atoms with van der Waals surface area (Å²) in [4.78, 5) is 0. The summed E-state index contributed by atoms with van der Waals surface area (Å²) in [6.07, 6.45) is 0. The predicted molar refractivity (Wildman–Crippen MR) is 74.5 cm³/mol. The van der Waals surface area contributed by atoms with Crippen molar-refractivity contribution in [2.24, 2.45) is 0 Å². The van der Waals surface area contributed by atoms with Gasteiger partial charge in [-0.3, -0.25) is 0 Å². The average Bonchev–Trinajstić information content (AvgIpc) is 2.06. The first-order valence-corrected chi connectivity index (χ1v) is 8.24. The molecule has 0 amide bonds. The molecule has 0 bridgehead atoms. The van der Waals surface area contributed by atoms with Gasteiger partial charge >= 0.3 is 23.1 Å². The van der Waals surface area contributed by atoms with Gasteiger partial charge in [0.25, 0.3) is 0 Å². The molecule has 0 fully saturated rings. The van der Waals surface area contributed by atoms with Crippen LogP contribution in [0.15, 0.2) is 24.3 Å². The van der Waals surface area contributed by atoms with Crippen LogP contribution in [0.2, 0.25) is 18.1 Å². The Hall–Kier alpha value is 0.163. The van der Waals surface area contributed by atoms with Gasteiger partial charge in [0.1, 0.15) is 0 Å². The molecule has 0 atom stereocenters. The molecule has 0 N–H and O–H groups in total. The zero-order chi connectivity index (χ0) is 11.7. The summed E-state index contributed by atoms with van der Waals surface area (Å²) < 4.78 is 6.13. The average molecular weight is 281 g/mol. The van der Waals surface area contributed by atoms with Crippen molar-refractivity contribution in [3.05, 3.63) is 36.8 Å². The van der Waals surface area contributed by atoms with Crippen LogP contribution in [0.3, 0.4) is 0 Å². The fraction of sp³-hybridized carbons (Fsp3) is 0.462. The van der Waals surface area contributed by atoms with Crippen molar-refractivity contribution in [1.29, 1.82) is 0 Å². The van der Waals surface area contributed by atoms with Crippen molar-refractivity contribution in [3.8, 4) is 5.75 Å². The van der Waals surface area contributed by atoms with Gasteiger partial charge in [-0.1, -0.05) is 32.9 Å². The molecule has 0 aliphatic carbocycles. The summed E-state index contributed by atoms with van der Waals surface area (Å²) in [5.74, 6) is 0.967. The summed E-state index contributed by atoms with van der Waals surface area (Å²) in [5, 5.41) is 0.246. The van der Waals surface area contributed by atoms with Crippen LogP contribution >= 0.6 is 0 Å². The van der Waals surface area contributed by atoms with Gasteiger partial charge in [-0.15, -0.1) is 0 Å². The first kappa shape index (κ1) is 19.5. The fourth-order valence-electron chi connectivity index (χ4n) is 1.01. The van der Waals surface area contributed by atoms with Crippen molar-refractivity contribution < 1.29 is 16.8 Å². The van der Waals surface area contributed by atoms with Gasteiger partial charge in [0, 0.05) is 0 Å². The number of benzene rings is 1. The Morgan fingerprint density at radius 3 is 1.82 bits per heavy atom. The molecule has 0 aliphatic heterocycles. The Bertz CT molecular complexity index is 330. The molecule has 0 aromatic heterocycles. The van der Waals surface area contributed by atoms with E-state index in [1.807, 2.05) is 24.3 Å². The Kier molecular flexibility index (Phi) is 7.95. The molecule has 0 heterocycles. The van der Waals surface area contributed by atoms with E-state index in [1.165, 1.54) is 0 Å². The van der Waals surface area contributed by atoms with Gasteiger partial charge < -0.3 is 16.8 Å². The van der Waals surface area contributed by atoms with E-state index in [0.717, 1.165) is 11.3 Å². The molecule has 0 saturated carbocycles. The zero-order valence-electron chi connectivity index (χ0n) is 11.5. The first-order valence-electron chi connectivity index (χ1n) is 5.33. The van der Waals surface area contributed by atoms with Crippen molar-refractivity contribution in [1.82, 2.24) is 0 Å². The fourth-order valence-corrected chi connectivity index (χ4v) is 2.04. The molecular formula is C13H21ClMgOSi. The van der Waals surface area contributed by atoms with Gasteiger partial charge in [0.05, 0.1) is 5.75 Å². The first-order chi connectivity index (χ1) is 6.72. The summed E-state index contributed by atoms with van der Waals surface area (Å²) in [7, 11) is -1.68. The normalized spacial score (nSPS) is 11.1. The van der Waals surface area contributed by atoms with Crippen LogP contribution in [0.25, 0.3) is 0 Å². The van der Waals surface area contributed by atoms with Crippen molar-refractivity contribution >= 4 is 31.4 Å². The van der Waals surface area contributed by atoms with Crippen LogP contribution in [-0.2, 0) is 0 Å². The summed E-state index contributed by atoms with van der Waals surface area (Å²) in [6.45, 7) is 15.1. The van der Waals surface area contributed by atoms with E-state index in [-0.39, 0.29) is 40.5 Å². The van der Waals surface area contributed by atoms with Crippen molar-refractivity contribution in [2.45, 2.75) is 38.9 Å². The molecule has 0 aliphatic rings. The van der Waals surface area contributed by atoms with E-state index in [9.17, 15) is 0 Å². The van der Waals surface area contributed by atoms with Gasteiger partial charge in [0.15, 0.2) is 0 Å². The molecular weight excluding hydrogens is 260 g/mol. The largest absolute Gasteiger partial charge is 2.00 e. The molecule has 92 valence electrons. The monoisotopic (exact) mass is 280 g/mol. The van der Waals surface area contributed by atoms with Crippen molar-refractivity contribution in [3.63, 3.8) is 0 Å². The molecule has 1 aromatic rings. The topological polar surface area (TPSA) is 9.23 Å². The third-order valence-corrected chi connectivity index (χ3v) is 7.46. The van der Waals surface area contributed by atoms with E-state index < -0.39 is 8.32 Å². The summed E-state index contributed by atoms with van der Waals surface area (Å²) in [5.41, 5.74) is 1.03. The maximum absolute atomic E-state index is 6.13. The minimum atomic E-state index is -1.68. The summed E-state index contributed by atoms with van der Waals surface area (Å²) >= 11 is 0. The Morgan fingerprint density at radius 2 is 1.47 bits per heavy atom. The predicted octanol–water partition coefficient (Wildman–Crippen LogP) is 0.876. The third kappa shape index (κ3) is 5.55. The van der Waals surface area contributed by atoms with Gasteiger partial charge in [-0.05, 0) is 18.1 Å². The zero-order valence-corrected chi connectivity index (χ0v) is 14.7. The van der Waals surface area contributed by atoms with E-state index in [2.05, 4.69) is 40.8 Å². The van der Waals surface area contributed by atoms with Crippen LogP contribution in [-0.4, -0.2) is 31.4 Å². The maximum atomic E-state index is 6.13. The number of halogens is 1. The maximum Gasteiger partial charge on any atom is 2.00 e. The second-order valence-corrected chi connectivity index (χ2v) is 10.2. The number of rotatable bonds is 2. The van der Waals surface area contributed by atoms with E-state index in [0.29, 0.717) is 0 Å². The van der Waals surface area contributed by atoms with Gasteiger partial charge in [-0.25, -0.2) is 0 Å². The third-order valence-electron chi connectivity index (χ3n) is 3.10. The summed E-state index contributed by atoms with van der Waals surface area (Å²) in [6, 6.07) is 7.98. The van der Waals surface area contributed by atoms with Crippen LogP contribution < -0.4 is 16.8 Å². The Balaban J connectivity index is 0. The Labute approximate surface area is 129 Å². The quantitative estimate of drug-likeness (QED) is 0.577. The second-order valence-electron chi connectivity index (χ2n) is 5.51. The van der Waals surface area contributed by atoms with Crippen LogP contribution in [0.1, 0.15) is 26.3 Å². The molecule has 1 nitrogen and oxygen atoms in total. The number of hydrogen-bond donors (Lipinski definition) is 0. The van der Waals surface area contributed by atoms with Crippen LogP contribution in [0.4, 0.5) is 0 Å². The molecule has 0 unspecified atom stereocenters. The molecule has 1 rings (SSSR count). The second kappa shape index (κ2) is 6.93. The van der Waals surface area contributed by atoms with Crippen LogP contribution in [0, 0.1) is 6.92 Å². The smallest absolute Gasteiger partial charge is 1.00 e. The van der Waals surface area contributed by atoms with E-state index in [4.69, 9.17) is 4.43 Å².